The Bertz CT molecular complexity index is 790. The summed E-state index contributed by atoms with van der Waals surface area (Å²) in [6.45, 7) is 2.82. The Morgan fingerprint density at radius 1 is 1.08 bits per heavy atom. The monoisotopic (exact) mass is 336 g/mol. The van der Waals surface area contributed by atoms with Crippen LogP contribution in [0.15, 0.2) is 48.0 Å². The first-order valence-electron chi connectivity index (χ1n) is 8.87. The second kappa shape index (κ2) is 8.02. The van der Waals surface area contributed by atoms with E-state index in [2.05, 4.69) is 6.92 Å². The lowest BCUT2D eigenvalue weighted by molar-refractivity contribution is 0.102. The highest BCUT2D eigenvalue weighted by molar-refractivity contribution is 6.13. The van der Waals surface area contributed by atoms with Crippen LogP contribution in [0, 0.1) is 0 Å². The smallest absolute Gasteiger partial charge is 0.189 e. The van der Waals surface area contributed by atoms with Crippen LogP contribution < -0.4 is 9.47 Å². The molecule has 1 aliphatic rings. The molecular formula is C22H24O3. The van der Waals surface area contributed by atoms with Crippen molar-refractivity contribution in [2.24, 2.45) is 0 Å². The summed E-state index contributed by atoms with van der Waals surface area (Å²) >= 11 is 0. The zero-order valence-electron chi connectivity index (χ0n) is 14.9. The Kier molecular flexibility index (Phi) is 5.54. The normalized spacial score (nSPS) is 15.1. The maximum atomic E-state index is 12.7. The minimum Gasteiger partial charge on any atom is -0.493 e. The van der Waals surface area contributed by atoms with Gasteiger partial charge in [0.1, 0.15) is 0 Å². The van der Waals surface area contributed by atoms with Crippen molar-refractivity contribution in [1.82, 2.24) is 0 Å². The van der Waals surface area contributed by atoms with E-state index in [1.165, 1.54) is 0 Å². The number of carbonyl (C=O) groups is 1. The number of rotatable bonds is 6. The van der Waals surface area contributed by atoms with Crippen LogP contribution in [0.25, 0.3) is 6.08 Å². The van der Waals surface area contributed by atoms with Gasteiger partial charge in [-0.3, -0.25) is 4.79 Å². The van der Waals surface area contributed by atoms with Crippen molar-refractivity contribution < 1.29 is 14.3 Å². The molecule has 2 aromatic rings. The number of ether oxygens (including phenoxy) is 2. The summed E-state index contributed by atoms with van der Waals surface area (Å²) in [6, 6.07) is 13.7. The first-order chi connectivity index (χ1) is 12.2. The summed E-state index contributed by atoms with van der Waals surface area (Å²) in [7, 11) is 1.64. The number of Topliss-reactive ketones (excluding diaryl/α,β-unsaturated/α-hetero) is 1. The fourth-order valence-corrected chi connectivity index (χ4v) is 3.07. The molecule has 0 amide bonds. The van der Waals surface area contributed by atoms with Crippen molar-refractivity contribution in [1.29, 1.82) is 0 Å². The third-order valence-electron chi connectivity index (χ3n) is 4.50. The molecule has 0 bridgehead atoms. The van der Waals surface area contributed by atoms with Gasteiger partial charge in [0, 0.05) is 11.1 Å². The SMILES string of the molecule is CCCCOc1ccc(/C=C2/CCc3ccccc3C2=O)cc1OC. The Labute approximate surface area is 149 Å². The number of unbranched alkanes of at least 4 members (excludes halogenated alkanes) is 1. The fourth-order valence-electron chi connectivity index (χ4n) is 3.07. The van der Waals surface area contributed by atoms with Gasteiger partial charge in [0.05, 0.1) is 13.7 Å². The van der Waals surface area contributed by atoms with Gasteiger partial charge in [-0.05, 0) is 48.6 Å². The van der Waals surface area contributed by atoms with Gasteiger partial charge in [0.25, 0.3) is 0 Å². The maximum Gasteiger partial charge on any atom is 0.189 e. The molecule has 0 saturated carbocycles. The van der Waals surface area contributed by atoms with E-state index in [0.29, 0.717) is 12.4 Å². The molecule has 0 aromatic heterocycles. The highest BCUT2D eigenvalue weighted by Crippen LogP contribution is 2.31. The third-order valence-corrected chi connectivity index (χ3v) is 4.50. The molecular weight excluding hydrogens is 312 g/mol. The van der Waals surface area contributed by atoms with Crippen LogP contribution in [-0.4, -0.2) is 19.5 Å². The van der Waals surface area contributed by atoms with Crippen LogP contribution in [-0.2, 0) is 6.42 Å². The molecule has 0 spiro atoms. The lowest BCUT2D eigenvalue weighted by atomic mass is 9.86. The molecule has 130 valence electrons. The lowest BCUT2D eigenvalue weighted by Crippen LogP contribution is -2.13. The largest absolute Gasteiger partial charge is 0.493 e. The van der Waals surface area contributed by atoms with Crippen LogP contribution in [0.1, 0.15) is 47.7 Å². The van der Waals surface area contributed by atoms with Crippen LogP contribution in [0.2, 0.25) is 0 Å². The molecule has 2 aromatic carbocycles. The number of hydrogen-bond donors (Lipinski definition) is 0. The molecule has 0 fully saturated rings. The van der Waals surface area contributed by atoms with Gasteiger partial charge in [0.2, 0.25) is 0 Å². The van der Waals surface area contributed by atoms with Crippen LogP contribution in [0.4, 0.5) is 0 Å². The van der Waals surface area contributed by atoms with Crippen LogP contribution >= 0.6 is 0 Å². The van der Waals surface area contributed by atoms with Gasteiger partial charge < -0.3 is 9.47 Å². The topological polar surface area (TPSA) is 35.5 Å². The number of allylic oxidation sites excluding steroid dienone is 1. The number of fused-ring (bicyclic) bond motifs is 1. The number of methoxy groups -OCH3 is 1. The number of ketones is 1. The third kappa shape index (κ3) is 3.93. The maximum absolute atomic E-state index is 12.7. The van der Waals surface area contributed by atoms with Crippen molar-refractivity contribution in [2.75, 3.05) is 13.7 Å². The van der Waals surface area contributed by atoms with E-state index in [1.807, 2.05) is 48.5 Å². The summed E-state index contributed by atoms with van der Waals surface area (Å²) in [6.07, 6.45) is 5.76. The summed E-state index contributed by atoms with van der Waals surface area (Å²) in [5, 5.41) is 0. The molecule has 0 unspecified atom stereocenters. The van der Waals surface area contributed by atoms with Gasteiger partial charge in [-0.25, -0.2) is 0 Å². The average Bonchev–Trinajstić information content (AvgIpc) is 2.65. The van der Waals surface area contributed by atoms with Crippen molar-refractivity contribution in [3.63, 3.8) is 0 Å². The second-order valence-corrected chi connectivity index (χ2v) is 6.27. The Morgan fingerprint density at radius 2 is 1.92 bits per heavy atom. The quantitative estimate of drug-likeness (QED) is 0.545. The van der Waals surface area contributed by atoms with Crippen molar-refractivity contribution in [3.05, 3.63) is 64.7 Å². The van der Waals surface area contributed by atoms with Gasteiger partial charge in [-0.15, -0.1) is 0 Å². The van der Waals surface area contributed by atoms with E-state index in [-0.39, 0.29) is 5.78 Å². The highest BCUT2D eigenvalue weighted by Gasteiger charge is 2.21. The molecule has 0 heterocycles. The Balaban J connectivity index is 1.83. The molecule has 0 aliphatic heterocycles. The molecule has 3 rings (SSSR count). The predicted octanol–water partition coefficient (Wildman–Crippen LogP) is 5.09. The van der Waals surface area contributed by atoms with Gasteiger partial charge in [-0.1, -0.05) is 43.7 Å². The minimum absolute atomic E-state index is 0.129. The van der Waals surface area contributed by atoms with Crippen molar-refractivity contribution in [2.45, 2.75) is 32.6 Å². The van der Waals surface area contributed by atoms with E-state index in [1.54, 1.807) is 7.11 Å². The number of benzene rings is 2. The van der Waals surface area contributed by atoms with Gasteiger partial charge in [-0.2, -0.15) is 0 Å². The highest BCUT2D eigenvalue weighted by atomic mass is 16.5. The first-order valence-corrected chi connectivity index (χ1v) is 8.87. The molecule has 0 saturated heterocycles. The molecule has 0 N–H and O–H groups in total. The molecule has 1 aliphatic carbocycles. The summed E-state index contributed by atoms with van der Waals surface area (Å²) in [4.78, 5) is 12.7. The Hall–Kier alpha value is -2.55. The molecule has 3 nitrogen and oxygen atoms in total. The van der Waals surface area contributed by atoms with Gasteiger partial charge >= 0.3 is 0 Å². The summed E-state index contributed by atoms with van der Waals surface area (Å²) < 4.78 is 11.2. The molecule has 0 atom stereocenters. The van der Waals surface area contributed by atoms with E-state index < -0.39 is 0 Å². The van der Waals surface area contributed by atoms with Gasteiger partial charge in [0.15, 0.2) is 17.3 Å². The molecule has 25 heavy (non-hydrogen) atoms. The van der Waals surface area contributed by atoms with E-state index in [4.69, 9.17) is 9.47 Å². The summed E-state index contributed by atoms with van der Waals surface area (Å²) in [5.74, 6) is 1.58. The molecule has 3 heteroatoms. The second-order valence-electron chi connectivity index (χ2n) is 6.27. The number of carbonyl (C=O) groups excluding carboxylic acids is 1. The van der Waals surface area contributed by atoms with Crippen molar-refractivity contribution in [3.8, 4) is 11.5 Å². The van der Waals surface area contributed by atoms with E-state index >= 15 is 0 Å². The number of aryl methyl sites for hydroxylation is 1. The summed E-state index contributed by atoms with van der Waals surface area (Å²) in [5.41, 5.74) is 3.77. The predicted molar refractivity (Wildman–Crippen MR) is 100 cm³/mol. The fraction of sp³-hybridized carbons (Fsp3) is 0.318. The first kappa shape index (κ1) is 17.3. The minimum atomic E-state index is 0.129. The lowest BCUT2D eigenvalue weighted by Gasteiger charge is -2.17. The van der Waals surface area contributed by atoms with Crippen LogP contribution in [0.3, 0.4) is 0 Å². The van der Waals surface area contributed by atoms with Crippen molar-refractivity contribution >= 4 is 11.9 Å². The Morgan fingerprint density at radius 3 is 2.72 bits per heavy atom. The zero-order valence-corrected chi connectivity index (χ0v) is 14.9. The molecule has 0 radical (unpaired) electrons. The number of hydrogen-bond acceptors (Lipinski definition) is 3. The average molecular weight is 336 g/mol. The van der Waals surface area contributed by atoms with E-state index in [9.17, 15) is 4.79 Å². The standard InChI is InChI=1S/C22H24O3/c1-3-4-13-25-20-12-9-16(15-21(20)24-2)14-18-11-10-17-7-5-6-8-19(17)22(18)23/h5-9,12,14-15H,3-4,10-11,13H2,1-2H3/b18-14-. The van der Waals surface area contributed by atoms with E-state index in [0.717, 1.165) is 53.7 Å². The zero-order chi connectivity index (χ0) is 17.6. The van der Waals surface area contributed by atoms with Crippen LogP contribution in [0.5, 0.6) is 11.5 Å².